The number of rotatable bonds is 5. The van der Waals surface area contributed by atoms with Crippen molar-refractivity contribution < 1.29 is 29.7 Å². The minimum atomic E-state index is -2.68. The van der Waals surface area contributed by atoms with Gasteiger partial charge in [-0.3, -0.25) is 19.3 Å². The number of ketones is 2. The molecule has 1 aromatic rings. The number of primary amides is 1. The van der Waals surface area contributed by atoms with Gasteiger partial charge in [-0.1, -0.05) is 19.4 Å². The molecule has 3 aliphatic rings. The lowest BCUT2D eigenvalue weighted by Gasteiger charge is -2.58. The van der Waals surface area contributed by atoms with Crippen LogP contribution in [0.25, 0.3) is 5.76 Å². The van der Waals surface area contributed by atoms with E-state index >= 15 is 0 Å². The van der Waals surface area contributed by atoms with Gasteiger partial charge in [-0.25, -0.2) is 0 Å². The minimum absolute atomic E-state index is 0.0342. The Morgan fingerprint density at radius 2 is 1.84 bits per heavy atom. The number of fused-ring (bicyclic) bond motifs is 3. The first kappa shape index (κ1) is 27.3. The number of hydrogen-bond acceptors (Lipinski definition) is 11. The molecule has 3 aliphatic carbocycles. The van der Waals surface area contributed by atoms with Crippen LogP contribution in [0.1, 0.15) is 42.0 Å². The summed E-state index contributed by atoms with van der Waals surface area (Å²) in [7, 11) is 2.94. The average molecular weight is 525 g/mol. The number of nitriles is 1. The fourth-order valence-corrected chi connectivity index (χ4v) is 6.68. The summed E-state index contributed by atoms with van der Waals surface area (Å²) in [5.74, 6) is -5.65. The second-order valence-corrected chi connectivity index (χ2v) is 10.6. The number of carbonyl (C=O) groups excluding carboxylic acids is 3. The summed E-state index contributed by atoms with van der Waals surface area (Å²) in [4.78, 5) is 41.3. The molecular formula is C26H32N6O6. The molecular weight excluding hydrogens is 492 g/mol. The van der Waals surface area contributed by atoms with Crippen LogP contribution in [0, 0.1) is 16.7 Å². The third-order valence-corrected chi connectivity index (χ3v) is 8.16. The van der Waals surface area contributed by atoms with Crippen molar-refractivity contribution >= 4 is 23.2 Å². The first-order valence-electron chi connectivity index (χ1n) is 12.2. The molecule has 202 valence electrons. The van der Waals surface area contributed by atoms with Gasteiger partial charge in [-0.2, -0.15) is 5.26 Å². The van der Waals surface area contributed by atoms with Gasteiger partial charge in [0.15, 0.2) is 17.0 Å². The lowest BCUT2D eigenvalue weighted by molar-refractivity contribution is -0.139. The number of aliphatic hydroxyl groups is 2. The molecule has 1 saturated carbocycles. The molecule has 0 radical (unpaired) electrons. The monoisotopic (exact) mass is 524 g/mol. The van der Waals surface area contributed by atoms with Crippen molar-refractivity contribution in [2.45, 2.75) is 56.3 Å². The Bertz CT molecular complexity index is 1410. The Balaban J connectivity index is 2.14. The number of carbonyl (C=O) groups is 3. The van der Waals surface area contributed by atoms with Gasteiger partial charge in [0.05, 0.1) is 34.3 Å². The van der Waals surface area contributed by atoms with Crippen LogP contribution in [-0.2, 0) is 33.8 Å². The maximum Gasteiger partial charge on any atom is 0.255 e. The van der Waals surface area contributed by atoms with Crippen LogP contribution in [0.3, 0.4) is 0 Å². The Morgan fingerprint density at radius 1 is 1.21 bits per heavy atom. The van der Waals surface area contributed by atoms with E-state index < -0.39 is 69.1 Å². The summed E-state index contributed by atoms with van der Waals surface area (Å²) in [5, 5.41) is 44.2. The second kappa shape index (κ2) is 8.64. The van der Waals surface area contributed by atoms with Crippen LogP contribution in [0.2, 0.25) is 0 Å². The lowest BCUT2D eigenvalue weighted by atomic mass is 9.47. The fraction of sp³-hybridized carbons (Fsp3) is 0.462. The fourth-order valence-electron chi connectivity index (χ4n) is 6.68. The molecule has 11 N–H and O–H groups in total. The topological polar surface area (TPSA) is 243 Å². The summed E-state index contributed by atoms with van der Waals surface area (Å²) in [5.41, 5.74) is 18.6. The van der Waals surface area contributed by atoms with Crippen molar-refractivity contribution in [3.63, 3.8) is 0 Å². The highest BCUT2D eigenvalue weighted by atomic mass is 16.3. The lowest BCUT2D eigenvalue weighted by Crippen LogP contribution is -2.80. The molecule has 0 bridgehead atoms. The highest BCUT2D eigenvalue weighted by Crippen LogP contribution is 2.58. The van der Waals surface area contributed by atoms with Gasteiger partial charge in [-0.05, 0) is 44.5 Å². The standard InChI is InChI=1S/C26H32N6O6/c1-4-5-11-6-12(8-27)17(33)14-13(11)7-24(30)9-26(31)20(32(2)3)19(35)15(23(29)38)21(36)25(26,10-28)22(37)16(24)18(14)34/h6,20,33-34,36H,4-5,7-9,27,30-31H2,1-3H3,(H2,29,38)/t20-,24-,25+,26-/m1/s1. The van der Waals surface area contributed by atoms with E-state index in [1.54, 1.807) is 12.1 Å². The maximum atomic E-state index is 14.3. The molecule has 0 heterocycles. The quantitative estimate of drug-likeness (QED) is 0.238. The predicted octanol–water partition coefficient (Wildman–Crippen LogP) is -0.683. The number of amides is 1. The van der Waals surface area contributed by atoms with Crippen molar-refractivity contribution in [1.29, 1.82) is 5.26 Å². The first-order valence-corrected chi connectivity index (χ1v) is 12.2. The summed E-state index contributed by atoms with van der Waals surface area (Å²) in [6, 6.07) is 2.04. The molecule has 0 spiro atoms. The molecule has 1 amide bonds. The molecule has 38 heavy (non-hydrogen) atoms. The largest absolute Gasteiger partial charge is 0.509 e. The molecule has 0 aliphatic heterocycles. The summed E-state index contributed by atoms with van der Waals surface area (Å²) < 4.78 is 0. The third kappa shape index (κ3) is 3.13. The van der Waals surface area contributed by atoms with Gasteiger partial charge in [0, 0.05) is 12.1 Å². The zero-order valence-electron chi connectivity index (χ0n) is 21.5. The van der Waals surface area contributed by atoms with Gasteiger partial charge in [-0.15, -0.1) is 0 Å². The normalized spacial score (nSPS) is 30.6. The summed E-state index contributed by atoms with van der Waals surface area (Å²) in [6.45, 7) is 1.90. The number of phenolic OH excluding ortho intramolecular Hbond substituents is 1. The van der Waals surface area contributed by atoms with E-state index in [4.69, 9.17) is 22.9 Å². The molecule has 12 nitrogen and oxygen atoms in total. The van der Waals surface area contributed by atoms with Gasteiger partial charge in [0.2, 0.25) is 0 Å². The second-order valence-electron chi connectivity index (χ2n) is 10.6. The number of nitrogens with zero attached hydrogens (tertiary/aromatic N) is 2. The Hall–Kier alpha value is -3.76. The van der Waals surface area contributed by atoms with Crippen molar-refractivity contribution in [1.82, 2.24) is 4.90 Å². The number of aliphatic hydroxyl groups excluding tert-OH is 2. The number of hydrogen-bond donors (Lipinski definition) is 7. The molecule has 0 aromatic heterocycles. The number of Topliss-reactive ketones (excluding diaryl/α,β-unsaturated/α-hetero) is 2. The van der Waals surface area contributed by atoms with Crippen LogP contribution in [0.5, 0.6) is 5.75 Å². The maximum absolute atomic E-state index is 14.3. The van der Waals surface area contributed by atoms with Gasteiger partial charge < -0.3 is 38.3 Å². The van der Waals surface area contributed by atoms with Crippen LogP contribution in [-0.4, -0.2) is 68.9 Å². The van der Waals surface area contributed by atoms with E-state index in [0.717, 1.165) is 12.0 Å². The molecule has 0 saturated heterocycles. The zero-order valence-corrected chi connectivity index (χ0v) is 21.5. The van der Waals surface area contributed by atoms with Gasteiger partial charge in [0.1, 0.15) is 22.8 Å². The van der Waals surface area contributed by atoms with E-state index in [-0.39, 0.29) is 24.3 Å². The average Bonchev–Trinajstić information content (AvgIpc) is 2.79. The molecule has 4 atom stereocenters. The van der Waals surface area contributed by atoms with E-state index in [0.29, 0.717) is 17.5 Å². The number of benzene rings is 1. The van der Waals surface area contributed by atoms with Crippen molar-refractivity contribution in [2.24, 2.45) is 28.3 Å². The summed E-state index contributed by atoms with van der Waals surface area (Å²) in [6.07, 6.45) is 0.804. The predicted molar refractivity (Wildman–Crippen MR) is 136 cm³/mol. The number of phenols is 1. The number of nitrogens with two attached hydrogens (primary N) is 4. The Kier molecular flexibility index (Phi) is 6.20. The molecule has 1 aromatic carbocycles. The highest BCUT2D eigenvalue weighted by Gasteiger charge is 2.74. The van der Waals surface area contributed by atoms with Gasteiger partial charge >= 0.3 is 0 Å². The van der Waals surface area contributed by atoms with E-state index in [1.807, 2.05) is 6.92 Å². The molecule has 0 unspecified atom stereocenters. The first-order chi connectivity index (χ1) is 17.7. The Labute approximate surface area is 219 Å². The molecule has 1 fully saturated rings. The molecule has 4 rings (SSSR count). The number of likely N-dealkylation sites (N-methyl/N-ethyl adjacent to an activating group) is 1. The van der Waals surface area contributed by atoms with E-state index in [9.17, 15) is 35.0 Å². The minimum Gasteiger partial charge on any atom is -0.509 e. The van der Waals surface area contributed by atoms with Crippen LogP contribution in [0.4, 0.5) is 0 Å². The SMILES string of the molecule is CCCc1cc(CN)c(O)c2c1C[C@@]1(N)C[C@@]3(N)[C@H](N(C)C)C(=O)C(C(N)=O)=C(O)[C@@]3(C#N)C(=O)C1=C2O. The van der Waals surface area contributed by atoms with Crippen molar-refractivity contribution in [3.05, 3.63) is 45.2 Å². The Morgan fingerprint density at radius 3 is 2.34 bits per heavy atom. The van der Waals surface area contributed by atoms with E-state index in [1.165, 1.54) is 19.0 Å². The van der Waals surface area contributed by atoms with Crippen LogP contribution in [0.15, 0.2) is 23.0 Å². The number of aryl methyl sites for hydroxylation is 1. The molecule has 12 heteroatoms. The highest BCUT2D eigenvalue weighted by molar-refractivity contribution is 6.25. The van der Waals surface area contributed by atoms with Crippen molar-refractivity contribution in [3.8, 4) is 11.8 Å². The van der Waals surface area contributed by atoms with E-state index in [2.05, 4.69) is 0 Å². The van der Waals surface area contributed by atoms with Crippen LogP contribution >= 0.6 is 0 Å². The zero-order chi connectivity index (χ0) is 28.5. The van der Waals surface area contributed by atoms with Crippen molar-refractivity contribution in [2.75, 3.05) is 14.1 Å². The smallest absolute Gasteiger partial charge is 0.255 e. The van der Waals surface area contributed by atoms with Crippen LogP contribution < -0.4 is 22.9 Å². The van der Waals surface area contributed by atoms with Gasteiger partial charge in [0.25, 0.3) is 5.91 Å². The summed E-state index contributed by atoms with van der Waals surface area (Å²) >= 11 is 0. The number of aromatic hydroxyl groups is 1. The third-order valence-electron chi connectivity index (χ3n) is 8.16.